The van der Waals surface area contributed by atoms with Gasteiger partial charge in [-0.15, -0.1) is 0 Å². The molecule has 5 nitrogen and oxygen atoms in total. The summed E-state index contributed by atoms with van der Waals surface area (Å²) in [7, 11) is 3.19. The van der Waals surface area contributed by atoms with Crippen molar-refractivity contribution >= 4 is 17.7 Å². The molecule has 2 rings (SSSR count). The minimum atomic E-state index is -0.511. The fourth-order valence-electron chi connectivity index (χ4n) is 1.78. The lowest BCUT2D eigenvalue weighted by Crippen LogP contribution is -2.30. The minimum absolute atomic E-state index is 0.385. The number of carbonyl (C=O) groups excluding carboxylic acids is 1. The van der Waals surface area contributed by atoms with Crippen LogP contribution in [0, 0.1) is 0 Å². The molecule has 0 aliphatic heterocycles. The second kappa shape index (κ2) is 5.75. The van der Waals surface area contributed by atoms with Crippen molar-refractivity contribution in [3.8, 4) is 0 Å². The number of rotatable bonds is 3. The largest absolute Gasteiger partial charge is 0.453 e. The lowest BCUT2D eigenvalue weighted by molar-refractivity contribution is 0.168. The number of imidazole rings is 1. The normalized spacial score (nSPS) is 11.9. The molecule has 1 aromatic carbocycles. The summed E-state index contributed by atoms with van der Waals surface area (Å²) in [6.45, 7) is 0. The van der Waals surface area contributed by atoms with E-state index in [1.54, 1.807) is 18.3 Å². The number of hydrogen-bond donors (Lipinski definition) is 1. The minimum Gasteiger partial charge on any atom is -0.453 e. The zero-order valence-electron chi connectivity index (χ0n) is 10.6. The number of amides is 1. The Morgan fingerprint density at radius 3 is 2.63 bits per heavy atom. The van der Waals surface area contributed by atoms with E-state index in [0.717, 1.165) is 5.56 Å². The zero-order valence-corrected chi connectivity index (χ0v) is 11.4. The monoisotopic (exact) mass is 279 g/mol. The third-order valence-electron chi connectivity index (χ3n) is 2.77. The van der Waals surface area contributed by atoms with Crippen molar-refractivity contribution in [3.05, 3.63) is 53.1 Å². The molecule has 0 fully saturated rings. The van der Waals surface area contributed by atoms with Crippen molar-refractivity contribution in [2.24, 2.45) is 7.05 Å². The lowest BCUT2D eigenvalue weighted by Gasteiger charge is -2.18. The number of benzene rings is 1. The van der Waals surface area contributed by atoms with Crippen LogP contribution < -0.4 is 5.32 Å². The van der Waals surface area contributed by atoms with Gasteiger partial charge in [0.2, 0.25) is 0 Å². The first kappa shape index (κ1) is 13.4. The maximum atomic E-state index is 11.5. The second-order valence-electron chi connectivity index (χ2n) is 4.02. The van der Waals surface area contributed by atoms with E-state index in [2.05, 4.69) is 15.0 Å². The Hall–Kier alpha value is -2.01. The molecule has 0 bridgehead atoms. The Morgan fingerprint density at radius 1 is 1.42 bits per heavy atom. The van der Waals surface area contributed by atoms with Gasteiger partial charge in [0.05, 0.1) is 7.11 Å². The number of aromatic nitrogens is 2. The molecule has 0 aliphatic carbocycles. The first-order valence-electron chi connectivity index (χ1n) is 5.69. The molecular formula is C13H14ClN3O2. The van der Waals surface area contributed by atoms with Crippen LogP contribution in [0.1, 0.15) is 17.4 Å². The Morgan fingerprint density at radius 2 is 2.11 bits per heavy atom. The summed E-state index contributed by atoms with van der Waals surface area (Å²) in [6, 6.07) is 6.84. The van der Waals surface area contributed by atoms with Crippen molar-refractivity contribution in [1.82, 2.24) is 14.9 Å². The van der Waals surface area contributed by atoms with Gasteiger partial charge in [-0.05, 0) is 17.7 Å². The summed E-state index contributed by atoms with van der Waals surface area (Å²) in [5, 5.41) is 3.40. The fourth-order valence-corrected chi connectivity index (χ4v) is 1.91. The molecule has 0 aliphatic rings. The predicted octanol–water partition coefficient (Wildman–Crippen LogP) is 2.52. The molecule has 0 saturated heterocycles. The second-order valence-corrected chi connectivity index (χ2v) is 4.45. The quantitative estimate of drug-likeness (QED) is 0.939. The lowest BCUT2D eigenvalue weighted by atomic mass is 10.1. The van der Waals surface area contributed by atoms with Crippen LogP contribution in [0.4, 0.5) is 4.79 Å². The highest BCUT2D eigenvalue weighted by atomic mass is 35.5. The number of carbonyl (C=O) groups is 1. The van der Waals surface area contributed by atoms with Crippen molar-refractivity contribution in [2.75, 3.05) is 7.11 Å². The molecule has 1 heterocycles. The van der Waals surface area contributed by atoms with Gasteiger partial charge in [-0.3, -0.25) is 0 Å². The average molecular weight is 280 g/mol. The Balaban J connectivity index is 2.37. The maximum Gasteiger partial charge on any atom is 0.407 e. The Labute approximate surface area is 116 Å². The van der Waals surface area contributed by atoms with Gasteiger partial charge in [-0.25, -0.2) is 9.78 Å². The first-order valence-corrected chi connectivity index (χ1v) is 6.06. The summed E-state index contributed by atoms with van der Waals surface area (Å²) in [6.07, 6.45) is 2.98. The van der Waals surface area contributed by atoms with Crippen LogP contribution in [-0.2, 0) is 11.8 Å². The molecule has 1 amide bonds. The van der Waals surface area contributed by atoms with Crippen LogP contribution in [0.15, 0.2) is 36.7 Å². The van der Waals surface area contributed by atoms with E-state index in [-0.39, 0.29) is 6.04 Å². The van der Waals surface area contributed by atoms with Crippen molar-refractivity contribution in [3.63, 3.8) is 0 Å². The maximum absolute atomic E-state index is 11.5. The van der Waals surface area contributed by atoms with E-state index in [4.69, 9.17) is 11.6 Å². The zero-order chi connectivity index (χ0) is 13.8. The van der Waals surface area contributed by atoms with E-state index in [9.17, 15) is 4.79 Å². The van der Waals surface area contributed by atoms with E-state index >= 15 is 0 Å². The number of hydrogen-bond acceptors (Lipinski definition) is 3. The Kier molecular flexibility index (Phi) is 4.06. The fraction of sp³-hybridized carbons (Fsp3) is 0.231. The van der Waals surface area contributed by atoms with Crippen molar-refractivity contribution in [1.29, 1.82) is 0 Å². The van der Waals surface area contributed by atoms with E-state index in [0.29, 0.717) is 10.8 Å². The van der Waals surface area contributed by atoms with Gasteiger partial charge in [0.25, 0.3) is 0 Å². The molecule has 6 heteroatoms. The molecule has 19 heavy (non-hydrogen) atoms. The number of alkyl carbamates (subject to hydrolysis) is 1. The number of nitrogens with zero attached hydrogens (tertiary/aromatic N) is 2. The van der Waals surface area contributed by atoms with Crippen molar-refractivity contribution < 1.29 is 9.53 Å². The van der Waals surface area contributed by atoms with Crippen LogP contribution in [0.5, 0.6) is 0 Å². The highest BCUT2D eigenvalue weighted by molar-refractivity contribution is 6.30. The highest BCUT2D eigenvalue weighted by Crippen LogP contribution is 2.22. The molecule has 1 unspecified atom stereocenters. The standard InChI is InChI=1S/C13H14ClN3O2/c1-17-8-7-15-12(17)11(16-13(18)19-2)9-3-5-10(14)6-4-9/h3-8,11H,1-2H3,(H,16,18). The van der Waals surface area contributed by atoms with Crippen LogP contribution in [0.25, 0.3) is 0 Å². The van der Waals surface area contributed by atoms with Crippen molar-refractivity contribution in [2.45, 2.75) is 6.04 Å². The summed E-state index contributed by atoms with van der Waals surface area (Å²) in [5.74, 6) is 0.715. The molecular weight excluding hydrogens is 266 g/mol. The molecule has 0 radical (unpaired) electrons. The van der Waals surface area contributed by atoms with Gasteiger partial charge >= 0.3 is 6.09 Å². The van der Waals surface area contributed by atoms with Gasteiger partial charge in [-0.2, -0.15) is 0 Å². The smallest absolute Gasteiger partial charge is 0.407 e. The molecule has 2 aromatic rings. The van der Waals surface area contributed by atoms with Crippen LogP contribution in [0.3, 0.4) is 0 Å². The van der Waals surface area contributed by atoms with Crippen LogP contribution in [0.2, 0.25) is 5.02 Å². The van der Waals surface area contributed by atoms with Crippen LogP contribution >= 0.6 is 11.6 Å². The summed E-state index contributed by atoms with van der Waals surface area (Å²) in [4.78, 5) is 15.7. The first-order chi connectivity index (χ1) is 9.11. The molecule has 1 atom stereocenters. The SMILES string of the molecule is COC(=O)NC(c1ccc(Cl)cc1)c1nccn1C. The third-order valence-corrected chi connectivity index (χ3v) is 3.02. The van der Waals surface area contributed by atoms with E-state index in [1.165, 1.54) is 7.11 Å². The number of nitrogens with one attached hydrogen (secondary N) is 1. The number of ether oxygens (including phenoxy) is 1. The third kappa shape index (κ3) is 3.06. The summed E-state index contributed by atoms with van der Waals surface area (Å²) < 4.78 is 6.49. The molecule has 0 spiro atoms. The number of aryl methyl sites for hydroxylation is 1. The molecule has 0 saturated carbocycles. The highest BCUT2D eigenvalue weighted by Gasteiger charge is 2.20. The van der Waals surface area contributed by atoms with Gasteiger partial charge < -0.3 is 14.6 Å². The van der Waals surface area contributed by atoms with E-state index in [1.807, 2.05) is 29.9 Å². The topological polar surface area (TPSA) is 56.1 Å². The number of halogens is 1. The molecule has 1 aromatic heterocycles. The predicted molar refractivity (Wildman–Crippen MR) is 72.0 cm³/mol. The molecule has 1 N–H and O–H groups in total. The average Bonchev–Trinajstić information content (AvgIpc) is 2.83. The van der Waals surface area contributed by atoms with E-state index < -0.39 is 6.09 Å². The van der Waals surface area contributed by atoms with Gasteiger partial charge in [0.1, 0.15) is 11.9 Å². The molecule has 100 valence electrons. The van der Waals surface area contributed by atoms with Gasteiger partial charge in [0.15, 0.2) is 0 Å². The van der Waals surface area contributed by atoms with Gasteiger partial charge in [0, 0.05) is 24.5 Å². The number of methoxy groups -OCH3 is 1. The van der Waals surface area contributed by atoms with Crippen LogP contribution in [-0.4, -0.2) is 22.8 Å². The van der Waals surface area contributed by atoms with Gasteiger partial charge in [-0.1, -0.05) is 23.7 Å². The Bertz CT molecular complexity index is 566. The summed E-state index contributed by atoms with van der Waals surface area (Å²) >= 11 is 5.87. The summed E-state index contributed by atoms with van der Waals surface area (Å²) in [5.41, 5.74) is 0.879.